The summed E-state index contributed by atoms with van der Waals surface area (Å²) in [5, 5.41) is 0. The highest BCUT2D eigenvalue weighted by Crippen LogP contribution is 2.28. The number of nitrogens with zero attached hydrogens (tertiary/aromatic N) is 6. The Morgan fingerprint density at radius 2 is 1.50 bits per heavy atom. The van der Waals surface area contributed by atoms with Crippen LogP contribution in [0.5, 0.6) is 0 Å². The Hall–Kier alpha value is -3.91. The summed E-state index contributed by atoms with van der Waals surface area (Å²) in [5.41, 5.74) is 8.08. The highest BCUT2D eigenvalue weighted by molar-refractivity contribution is 5.87. The molecule has 0 amide bonds. The molecule has 34 heavy (non-hydrogen) atoms. The number of benzene rings is 2. The lowest BCUT2D eigenvalue weighted by Crippen LogP contribution is -2.44. The van der Waals surface area contributed by atoms with Gasteiger partial charge in [0.05, 0.1) is 22.1 Å². The van der Waals surface area contributed by atoms with Crippen molar-refractivity contribution in [2.45, 2.75) is 0 Å². The summed E-state index contributed by atoms with van der Waals surface area (Å²) in [6.07, 6.45) is 1.81. The lowest BCUT2D eigenvalue weighted by atomic mass is 10.2. The third-order valence-corrected chi connectivity index (χ3v) is 6.59. The average Bonchev–Trinajstić information content (AvgIpc) is 3.48. The van der Waals surface area contributed by atoms with Crippen molar-refractivity contribution in [1.29, 1.82) is 0 Å². The topological polar surface area (TPSA) is 80.0 Å². The molecule has 0 atom stereocenters. The number of piperazine rings is 1. The van der Waals surface area contributed by atoms with E-state index in [0.717, 1.165) is 76.8 Å². The first-order valence-electron chi connectivity index (χ1n) is 11.6. The maximum Gasteiger partial charge on any atom is 0.157 e. The fourth-order valence-corrected chi connectivity index (χ4v) is 4.50. The normalized spacial score (nSPS) is 14.9. The monoisotopic (exact) mass is 452 g/mol. The van der Waals surface area contributed by atoms with E-state index in [9.17, 15) is 0 Å². The number of imidazole rings is 2. The van der Waals surface area contributed by atoms with E-state index in [1.54, 1.807) is 0 Å². The molecule has 0 unspecified atom stereocenters. The molecule has 172 valence electrons. The summed E-state index contributed by atoms with van der Waals surface area (Å²) in [7, 11) is 6.22. The van der Waals surface area contributed by atoms with Crippen LogP contribution in [0.15, 0.2) is 54.7 Å². The van der Waals surface area contributed by atoms with Gasteiger partial charge in [0.15, 0.2) is 5.82 Å². The highest BCUT2D eigenvalue weighted by Gasteiger charge is 2.16. The number of hydrogen-bond acceptors (Lipinski definition) is 6. The molecule has 6 rings (SSSR count). The fraction of sp³-hybridized carbons (Fsp3) is 0.269. The Bertz CT molecular complexity index is 1470. The van der Waals surface area contributed by atoms with Gasteiger partial charge in [0.2, 0.25) is 0 Å². The number of nitrogens with one attached hydrogen (secondary N) is 2. The van der Waals surface area contributed by atoms with E-state index in [4.69, 9.17) is 9.97 Å². The number of aromatic amines is 2. The SMILES string of the molecule is CN1CCN(c2ccc3nc(-c4ccc5nc(-c6cc(N(C)C)ccn6)[nH]c5c4)[nH]c3c2)CC1. The first-order valence-corrected chi connectivity index (χ1v) is 11.6. The molecule has 8 heteroatoms. The van der Waals surface area contributed by atoms with Crippen LogP contribution in [-0.2, 0) is 0 Å². The number of rotatable bonds is 4. The van der Waals surface area contributed by atoms with Crippen molar-refractivity contribution < 1.29 is 0 Å². The molecule has 1 aliphatic heterocycles. The van der Waals surface area contributed by atoms with Crippen LogP contribution in [0.1, 0.15) is 0 Å². The smallest absolute Gasteiger partial charge is 0.157 e. The Labute approximate surface area is 198 Å². The van der Waals surface area contributed by atoms with Crippen molar-refractivity contribution in [2.75, 3.05) is 57.1 Å². The van der Waals surface area contributed by atoms with Crippen LogP contribution in [0.3, 0.4) is 0 Å². The molecule has 0 aliphatic carbocycles. The zero-order valence-electron chi connectivity index (χ0n) is 19.7. The molecule has 4 heterocycles. The van der Waals surface area contributed by atoms with Crippen LogP contribution in [0.2, 0.25) is 0 Å². The van der Waals surface area contributed by atoms with Gasteiger partial charge in [-0.05, 0) is 55.6 Å². The van der Waals surface area contributed by atoms with E-state index >= 15 is 0 Å². The zero-order valence-corrected chi connectivity index (χ0v) is 19.7. The minimum atomic E-state index is 0.761. The molecule has 1 saturated heterocycles. The van der Waals surface area contributed by atoms with E-state index in [-0.39, 0.29) is 0 Å². The van der Waals surface area contributed by atoms with Gasteiger partial charge in [0.25, 0.3) is 0 Å². The van der Waals surface area contributed by atoms with Crippen molar-refractivity contribution in [2.24, 2.45) is 0 Å². The van der Waals surface area contributed by atoms with Crippen molar-refractivity contribution in [1.82, 2.24) is 29.8 Å². The molecule has 0 bridgehead atoms. The summed E-state index contributed by atoms with van der Waals surface area (Å²) < 4.78 is 0. The molecule has 1 aliphatic rings. The molecule has 8 nitrogen and oxygen atoms in total. The number of pyridine rings is 1. The largest absolute Gasteiger partial charge is 0.378 e. The van der Waals surface area contributed by atoms with Crippen LogP contribution >= 0.6 is 0 Å². The second-order valence-corrected chi connectivity index (χ2v) is 9.19. The zero-order chi connectivity index (χ0) is 23.2. The maximum atomic E-state index is 4.85. The molecule has 0 saturated carbocycles. The first kappa shape index (κ1) is 20.7. The quantitative estimate of drug-likeness (QED) is 0.429. The Balaban J connectivity index is 1.31. The summed E-state index contributed by atoms with van der Waals surface area (Å²) in [6, 6.07) is 16.7. The van der Waals surface area contributed by atoms with E-state index in [0.29, 0.717) is 0 Å². The summed E-state index contributed by atoms with van der Waals surface area (Å²) >= 11 is 0. The predicted molar refractivity (Wildman–Crippen MR) is 138 cm³/mol. The number of likely N-dealkylation sites (N-methyl/N-ethyl adjacent to an activating group) is 1. The van der Waals surface area contributed by atoms with Gasteiger partial charge >= 0.3 is 0 Å². The van der Waals surface area contributed by atoms with Crippen molar-refractivity contribution >= 4 is 33.4 Å². The third-order valence-electron chi connectivity index (χ3n) is 6.59. The number of aromatic nitrogens is 5. The average molecular weight is 453 g/mol. The maximum absolute atomic E-state index is 4.85. The van der Waals surface area contributed by atoms with E-state index < -0.39 is 0 Å². The minimum Gasteiger partial charge on any atom is -0.378 e. The number of anilines is 2. The van der Waals surface area contributed by atoms with Gasteiger partial charge in [0.1, 0.15) is 11.5 Å². The van der Waals surface area contributed by atoms with Crippen LogP contribution in [-0.4, -0.2) is 77.1 Å². The molecule has 3 aromatic heterocycles. The van der Waals surface area contributed by atoms with E-state index in [1.807, 2.05) is 38.5 Å². The molecule has 0 spiro atoms. The van der Waals surface area contributed by atoms with Crippen LogP contribution in [0, 0.1) is 0 Å². The van der Waals surface area contributed by atoms with Gasteiger partial charge in [-0.2, -0.15) is 0 Å². The van der Waals surface area contributed by atoms with Gasteiger partial charge in [-0.3, -0.25) is 4.98 Å². The summed E-state index contributed by atoms with van der Waals surface area (Å²) in [6.45, 7) is 4.28. The third kappa shape index (κ3) is 3.76. The van der Waals surface area contributed by atoms with Crippen molar-refractivity contribution in [3.8, 4) is 22.9 Å². The molecular weight excluding hydrogens is 424 g/mol. The first-order chi connectivity index (χ1) is 16.5. The predicted octanol–water partition coefficient (Wildman–Crippen LogP) is 3.99. The summed E-state index contributed by atoms with van der Waals surface area (Å²) in [4.78, 5) is 27.9. The number of hydrogen-bond donors (Lipinski definition) is 2. The van der Waals surface area contributed by atoms with Crippen LogP contribution in [0.25, 0.3) is 45.0 Å². The lowest BCUT2D eigenvalue weighted by Gasteiger charge is -2.34. The van der Waals surface area contributed by atoms with Gasteiger partial charge in [-0.25, -0.2) is 9.97 Å². The Morgan fingerprint density at radius 1 is 0.794 bits per heavy atom. The Kier molecular flexibility index (Phi) is 4.95. The number of H-pyrrole nitrogens is 2. The fourth-order valence-electron chi connectivity index (χ4n) is 4.50. The molecule has 5 aromatic rings. The minimum absolute atomic E-state index is 0.761. The van der Waals surface area contributed by atoms with Gasteiger partial charge in [0, 0.05) is 63.4 Å². The molecular formula is C26H28N8. The Morgan fingerprint density at radius 3 is 2.29 bits per heavy atom. The van der Waals surface area contributed by atoms with E-state index in [2.05, 4.69) is 67.0 Å². The highest BCUT2D eigenvalue weighted by atomic mass is 15.2. The van der Waals surface area contributed by atoms with E-state index in [1.165, 1.54) is 5.69 Å². The number of fused-ring (bicyclic) bond motifs is 2. The van der Waals surface area contributed by atoms with Gasteiger partial charge in [-0.1, -0.05) is 0 Å². The second-order valence-electron chi connectivity index (χ2n) is 9.19. The standard InChI is InChI=1S/C26H28N8/c1-32(2)18-8-9-27-24(15-18)26-29-20-6-4-17(14-22(20)31-26)25-28-21-7-5-19(16-23(21)30-25)34-12-10-33(3)11-13-34/h4-9,14-16H,10-13H2,1-3H3,(H,28,30)(H,29,31). The second kappa shape index (κ2) is 8.14. The van der Waals surface area contributed by atoms with Gasteiger partial charge in [-0.15, -0.1) is 0 Å². The van der Waals surface area contributed by atoms with Crippen molar-refractivity contribution in [3.05, 3.63) is 54.7 Å². The van der Waals surface area contributed by atoms with Crippen LogP contribution < -0.4 is 9.80 Å². The summed E-state index contributed by atoms with van der Waals surface area (Å²) in [5.74, 6) is 1.62. The lowest BCUT2D eigenvalue weighted by molar-refractivity contribution is 0.313. The van der Waals surface area contributed by atoms with Crippen LogP contribution in [0.4, 0.5) is 11.4 Å². The molecule has 1 fully saturated rings. The molecule has 0 radical (unpaired) electrons. The molecule has 2 N–H and O–H groups in total. The van der Waals surface area contributed by atoms with Crippen molar-refractivity contribution in [3.63, 3.8) is 0 Å². The van der Waals surface area contributed by atoms with Gasteiger partial charge < -0.3 is 24.7 Å². The molecule has 2 aromatic carbocycles.